The summed E-state index contributed by atoms with van der Waals surface area (Å²) in [7, 11) is -9.93. The number of carbonyl (C=O) groups is 4. The lowest BCUT2D eigenvalue weighted by molar-refractivity contribution is -0.161. The summed E-state index contributed by atoms with van der Waals surface area (Å²) in [4.78, 5) is 73.2. The minimum atomic E-state index is -4.96. The lowest BCUT2D eigenvalue weighted by Gasteiger charge is -2.21. The number of ether oxygens (including phenoxy) is 4. The maximum atomic E-state index is 13.1. The topological polar surface area (TPSA) is 237 Å². The van der Waals surface area contributed by atoms with Crippen molar-refractivity contribution in [1.29, 1.82) is 0 Å². The lowest BCUT2D eigenvalue weighted by Crippen LogP contribution is -2.30. The molecule has 618 valence electrons. The van der Waals surface area contributed by atoms with Gasteiger partial charge in [0.2, 0.25) is 0 Å². The van der Waals surface area contributed by atoms with Crippen LogP contribution in [0.2, 0.25) is 0 Å². The maximum Gasteiger partial charge on any atom is 0.472 e. The molecule has 0 bridgehead atoms. The Morgan fingerprint density at radius 1 is 0.240 bits per heavy atom. The average molecular weight is 1520 g/mol. The molecule has 3 N–H and O–H groups in total. The zero-order valence-electron chi connectivity index (χ0n) is 68.7. The van der Waals surface area contributed by atoms with Crippen LogP contribution in [0, 0.1) is 23.7 Å². The number of unbranched alkanes of at least 4 members (excludes halogenated alkanes) is 48. The van der Waals surface area contributed by atoms with Gasteiger partial charge in [0.1, 0.15) is 19.3 Å². The van der Waals surface area contributed by atoms with Crippen molar-refractivity contribution in [3.63, 3.8) is 0 Å². The van der Waals surface area contributed by atoms with E-state index < -0.39 is 97.5 Å². The van der Waals surface area contributed by atoms with Crippen molar-refractivity contribution in [2.24, 2.45) is 23.7 Å². The predicted molar refractivity (Wildman–Crippen MR) is 428 cm³/mol. The van der Waals surface area contributed by atoms with E-state index in [1.807, 2.05) is 0 Å². The summed E-state index contributed by atoms with van der Waals surface area (Å²) in [6.07, 6.45) is 62.6. The first-order valence-corrected chi connectivity index (χ1v) is 46.7. The molecule has 0 saturated heterocycles. The van der Waals surface area contributed by atoms with E-state index in [0.717, 1.165) is 114 Å². The molecule has 0 aliphatic heterocycles. The van der Waals surface area contributed by atoms with Gasteiger partial charge in [-0.2, -0.15) is 0 Å². The normalized spacial score (nSPS) is 14.0. The van der Waals surface area contributed by atoms with E-state index in [2.05, 4.69) is 55.4 Å². The van der Waals surface area contributed by atoms with Crippen molar-refractivity contribution in [3.05, 3.63) is 0 Å². The molecule has 17 nitrogen and oxygen atoms in total. The van der Waals surface area contributed by atoms with Gasteiger partial charge in [0.05, 0.1) is 26.4 Å². The van der Waals surface area contributed by atoms with Gasteiger partial charge in [0.25, 0.3) is 0 Å². The highest BCUT2D eigenvalue weighted by Gasteiger charge is 2.30. The summed E-state index contributed by atoms with van der Waals surface area (Å²) >= 11 is 0. The Morgan fingerprint density at radius 2 is 0.404 bits per heavy atom. The van der Waals surface area contributed by atoms with Crippen LogP contribution in [0.25, 0.3) is 0 Å². The number of aliphatic hydroxyl groups is 1. The van der Waals surface area contributed by atoms with E-state index in [-0.39, 0.29) is 25.7 Å². The van der Waals surface area contributed by atoms with Gasteiger partial charge in [0.15, 0.2) is 12.2 Å². The lowest BCUT2D eigenvalue weighted by atomic mass is 10.0. The smallest absolute Gasteiger partial charge is 0.462 e. The van der Waals surface area contributed by atoms with Crippen LogP contribution in [0.5, 0.6) is 0 Å². The molecule has 3 unspecified atom stereocenters. The second kappa shape index (κ2) is 73.8. The number of phosphoric acid groups is 2. The summed E-state index contributed by atoms with van der Waals surface area (Å²) < 4.78 is 68.8. The molecular formula is C85H166O17P2. The largest absolute Gasteiger partial charge is 0.472 e. The molecule has 0 aromatic rings. The Balaban J connectivity index is 5.22. The molecule has 0 aromatic carbocycles. The fourth-order valence-electron chi connectivity index (χ4n) is 13.1. The Labute approximate surface area is 638 Å². The molecule has 0 aliphatic rings. The standard InChI is InChI=1S/C85H166O17P2/c1-75(2)61-53-45-37-30-24-18-13-11-9-10-12-14-21-28-34-42-51-59-67-85(90)102-81(72-96-83(88)66-58-50-44-36-40-48-56-64-78(7)8)74-100-104(93,94)98-70-79(86)69-97-103(91,92)99-73-80(71-95-82(87)65-57-49-41-33-27-23-17-20-26-32-39-47-55-63-77(5)6)101-84(89)68-60-52-43-35-29-22-16-15-19-25-31-38-46-54-62-76(3)4/h75-81,86H,9-74H2,1-8H3,(H,91,92)(H,93,94)/t79?,80-,81-/m1/s1. The molecular weight excluding hydrogens is 1350 g/mol. The van der Waals surface area contributed by atoms with Crippen molar-refractivity contribution in [2.45, 2.75) is 459 Å². The quantitative estimate of drug-likeness (QED) is 0.0222. The third-order valence-corrected chi connectivity index (χ3v) is 21.7. The fraction of sp³-hybridized carbons (Fsp3) is 0.953. The van der Waals surface area contributed by atoms with E-state index in [1.165, 1.54) is 238 Å². The third-order valence-electron chi connectivity index (χ3n) is 19.8. The van der Waals surface area contributed by atoms with Gasteiger partial charge < -0.3 is 33.8 Å². The Hall–Kier alpha value is -1.94. The van der Waals surface area contributed by atoms with E-state index in [0.29, 0.717) is 31.6 Å². The second-order valence-electron chi connectivity index (χ2n) is 32.5. The summed E-state index contributed by atoms with van der Waals surface area (Å²) in [6.45, 7) is 14.3. The SMILES string of the molecule is CC(C)CCCCCCCCCCCCCCCCCCCCC(=O)O[C@H](COC(=O)CCCCCCCCCC(C)C)COP(=O)(O)OCC(O)COP(=O)(O)OC[C@@H](COC(=O)CCCCCCCCCCCCCCCC(C)C)OC(=O)CCCCCCCCCCCCCCCCC(C)C. The van der Waals surface area contributed by atoms with E-state index in [1.54, 1.807) is 0 Å². The molecule has 0 aliphatic carbocycles. The van der Waals surface area contributed by atoms with E-state index in [4.69, 9.17) is 37.0 Å². The van der Waals surface area contributed by atoms with Gasteiger partial charge in [-0.1, -0.05) is 389 Å². The third kappa shape index (κ3) is 78.2. The number of carbonyl (C=O) groups excluding carboxylic acids is 4. The van der Waals surface area contributed by atoms with Crippen LogP contribution in [0.1, 0.15) is 441 Å². The minimum absolute atomic E-state index is 0.107. The number of esters is 4. The molecule has 0 rings (SSSR count). The summed E-state index contributed by atoms with van der Waals surface area (Å²) in [5.74, 6) is 1.00. The minimum Gasteiger partial charge on any atom is -0.462 e. The molecule has 0 aromatic heterocycles. The molecule has 0 saturated carbocycles. The van der Waals surface area contributed by atoms with Gasteiger partial charge in [-0.05, 0) is 49.4 Å². The highest BCUT2D eigenvalue weighted by atomic mass is 31.2. The van der Waals surface area contributed by atoms with Gasteiger partial charge in [-0.25, -0.2) is 9.13 Å². The van der Waals surface area contributed by atoms with Crippen molar-refractivity contribution in [2.75, 3.05) is 39.6 Å². The zero-order chi connectivity index (χ0) is 76.7. The number of hydrogen-bond acceptors (Lipinski definition) is 15. The van der Waals surface area contributed by atoms with Crippen LogP contribution in [0.3, 0.4) is 0 Å². The van der Waals surface area contributed by atoms with Crippen LogP contribution < -0.4 is 0 Å². The first-order chi connectivity index (χ1) is 50.1. The average Bonchev–Trinajstić information content (AvgIpc) is 0.902. The predicted octanol–water partition coefficient (Wildman–Crippen LogP) is 25.6. The molecule has 0 spiro atoms. The molecule has 19 heteroatoms. The summed E-state index contributed by atoms with van der Waals surface area (Å²) in [6, 6.07) is 0. The number of rotatable bonds is 82. The first-order valence-electron chi connectivity index (χ1n) is 43.7. The first kappa shape index (κ1) is 102. The molecule has 0 amide bonds. The number of phosphoric ester groups is 2. The summed E-state index contributed by atoms with van der Waals surface area (Å²) in [5.41, 5.74) is 0. The molecule has 0 radical (unpaired) electrons. The fourth-order valence-corrected chi connectivity index (χ4v) is 14.7. The second-order valence-corrected chi connectivity index (χ2v) is 35.4. The number of hydrogen-bond donors (Lipinski definition) is 3. The summed E-state index contributed by atoms with van der Waals surface area (Å²) in [5, 5.41) is 10.7. The van der Waals surface area contributed by atoms with Gasteiger partial charge >= 0.3 is 39.5 Å². The maximum absolute atomic E-state index is 13.1. The van der Waals surface area contributed by atoms with Gasteiger partial charge in [-0.15, -0.1) is 0 Å². The molecule has 0 heterocycles. The van der Waals surface area contributed by atoms with E-state index in [9.17, 15) is 43.2 Å². The van der Waals surface area contributed by atoms with Gasteiger partial charge in [0, 0.05) is 25.7 Å². The Kier molecular flexibility index (Phi) is 72.5. The van der Waals surface area contributed by atoms with Crippen LogP contribution in [-0.2, 0) is 65.4 Å². The highest BCUT2D eigenvalue weighted by molar-refractivity contribution is 7.47. The monoisotopic (exact) mass is 1520 g/mol. The Bertz CT molecular complexity index is 2020. The number of aliphatic hydroxyl groups excluding tert-OH is 1. The molecule has 5 atom stereocenters. The highest BCUT2D eigenvalue weighted by Crippen LogP contribution is 2.45. The van der Waals surface area contributed by atoms with Crippen molar-refractivity contribution >= 4 is 39.5 Å². The van der Waals surface area contributed by atoms with Crippen molar-refractivity contribution < 1.29 is 80.2 Å². The molecule has 104 heavy (non-hydrogen) atoms. The van der Waals surface area contributed by atoms with Crippen LogP contribution >= 0.6 is 15.6 Å². The van der Waals surface area contributed by atoms with Crippen molar-refractivity contribution in [1.82, 2.24) is 0 Å². The van der Waals surface area contributed by atoms with Crippen molar-refractivity contribution in [3.8, 4) is 0 Å². The van der Waals surface area contributed by atoms with Crippen LogP contribution in [0.4, 0.5) is 0 Å². The van der Waals surface area contributed by atoms with Gasteiger partial charge in [-0.3, -0.25) is 37.3 Å². The van der Waals surface area contributed by atoms with Crippen LogP contribution in [-0.4, -0.2) is 96.7 Å². The Morgan fingerprint density at radius 3 is 0.596 bits per heavy atom. The van der Waals surface area contributed by atoms with Crippen LogP contribution in [0.15, 0.2) is 0 Å². The zero-order valence-corrected chi connectivity index (χ0v) is 70.5. The molecule has 0 fully saturated rings. The van der Waals surface area contributed by atoms with E-state index >= 15 is 0 Å².